The summed E-state index contributed by atoms with van der Waals surface area (Å²) < 4.78 is 16.5. The number of esters is 1. The summed E-state index contributed by atoms with van der Waals surface area (Å²) in [4.78, 5) is 11.4. The fourth-order valence-electron chi connectivity index (χ4n) is 2.99. The van der Waals surface area contributed by atoms with Crippen molar-refractivity contribution in [2.24, 2.45) is 0 Å². The molecule has 0 fully saturated rings. The minimum Gasteiger partial charge on any atom is -0.493 e. The number of hydrogen-bond acceptors (Lipinski definition) is 5. The van der Waals surface area contributed by atoms with Crippen molar-refractivity contribution in [3.63, 3.8) is 0 Å². The van der Waals surface area contributed by atoms with Crippen molar-refractivity contribution in [2.75, 3.05) is 13.2 Å². The van der Waals surface area contributed by atoms with Gasteiger partial charge in [-0.3, -0.25) is 0 Å². The first-order valence-electron chi connectivity index (χ1n) is 11.1. The zero-order valence-corrected chi connectivity index (χ0v) is 18.6. The average Bonchev–Trinajstić information content (AvgIpc) is 2.79. The normalized spacial score (nSPS) is 12.0. The van der Waals surface area contributed by atoms with Gasteiger partial charge in [0.05, 0.1) is 19.3 Å². The molecular weight excluding hydrogens is 392 g/mol. The fourth-order valence-corrected chi connectivity index (χ4v) is 2.99. The Morgan fingerprint density at radius 3 is 2.42 bits per heavy atom. The van der Waals surface area contributed by atoms with E-state index in [1.807, 2.05) is 48.5 Å². The molecule has 2 aromatic carbocycles. The van der Waals surface area contributed by atoms with Crippen molar-refractivity contribution >= 4 is 12.0 Å². The van der Waals surface area contributed by atoms with Crippen molar-refractivity contribution in [1.29, 1.82) is 0 Å². The van der Waals surface area contributed by atoms with Crippen molar-refractivity contribution in [2.45, 2.75) is 58.7 Å². The molecule has 5 heteroatoms. The van der Waals surface area contributed by atoms with Crippen molar-refractivity contribution in [3.8, 4) is 11.5 Å². The van der Waals surface area contributed by atoms with Gasteiger partial charge in [0.1, 0.15) is 18.1 Å². The number of aliphatic hydroxyl groups excluding tert-OH is 1. The van der Waals surface area contributed by atoms with Gasteiger partial charge in [0.25, 0.3) is 0 Å². The average molecular weight is 427 g/mol. The molecule has 1 atom stereocenters. The molecular formula is C26H34O5. The van der Waals surface area contributed by atoms with E-state index in [0.29, 0.717) is 19.8 Å². The van der Waals surface area contributed by atoms with Crippen LogP contribution in [0.3, 0.4) is 0 Å². The maximum absolute atomic E-state index is 11.4. The molecule has 2 rings (SSSR count). The molecule has 0 aliphatic rings. The highest BCUT2D eigenvalue weighted by molar-refractivity contribution is 5.87. The van der Waals surface area contributed by atoms with E-state index in [2.05, 4.69) is 6.92 Å². The number of rotatable bonds is 14. The Labute approximate surface area is 185 Å². The second-order valence-electron chi connectivity index (χ2n) is 7.38. The van der Waals surface area contributed by atoms with Gasteiger partial charge < -0.3 is 19.3 Å². The Morgan fingerprint density at radius 1 is 1.00 bits per heavy atom. The summed E-state index contributed by atoms with van der Waals surface area (Å²) in [6.07, 6.45) is 7.55. The van der Waals surface area contributed by atoms with Crippen LogP contribution in [0.2, 0.25) is 0 Å². The molecule has 1 unspecified atom stereocenters. The zero-order valence-electron chi connectivity index (χ0n) is 18.6. The molecule has 0 radical (unpaired) electrons. The molecule has 5 nitrogen and oxygen atoms in total. The molecule has 2 aromatic rings. The van der Waals surface area contributed by atoms with Crippen LogP contribution in [-0.2, 0) is 16.1 Å². The first kappa shape index (κ1) is 24.5. The summed E-state index contributed by atoms with van der Waals surface area (Å²) in [5.41, 5.74) is 1.95. The monoisotopic (exact) mass is 426 g/mol. The van der Waals surface area contributed by atoms with Gasteiger partial charge in [0.2, 0.25) is 0 Å². The Morgan fingerprint density at radius 2 is 1.71 bits per heavy atom. The topological polar surface area (TPSA) is 65.0 Å². The summed E-state index contributed by atoms with van der Waals surface area (Å²) in [6.45, 7) is 5.30. The third kappa shape index (κ3) is 10.2. The van der Waals surface area contributed by atoms with E-state index in [0.717, 1.165) is 54.7 Å². The third-order valence-corrected chi connectivity index (χ3v) is 4.73. The number of ether oxygens (including phenoxy) is 3. The quantitative estimate of drug-likeness (QED) is 0.244. The van der Waals surface area contributed by atoms with E-state index in [-0.39, 0.29) is 12.1 Å². The number of carbonyl (C=O) groups is 1. The van der Waals surface area contributed by atoms with Gasteiger partial charge in [-0.1, -0.05) is 50.1 Å². The van der Waals surface area contributed by atoms with Crippen LogP contribution < -0.4 is 9.47 Å². The fraction of sp³-hybridized carbons (Fsp3) is 0.423. The first-order valence-corrected chi connectivity index (χ1v) is 11.1. The number of benzene rings is 2. The molecule has 0 bridgehead atoms. The molecule has 0 aliphatic carbocycles. The largest absolute Gasteiger partial charge is 0.493 e. The van der Waals surface area contributed by atoms with E-state index in [9.17, 15) is 9.90 Å². The number of unbranched alkanes of at least 4 members (excludes halogenated alkanes) is 1. The van der Waals surface area contributed by atoms with Crippen LogP contribution in [0.4, 0.5) is 0 Å². The summed E-state index contributed by atoms with van der Waals surface area (Å²) in [5.74, 6) is 1.16. The molecule has 1 N–H and O–H groups in total. The van der Waals surface area contributed by atoms with Gasteiger partial charge in [0, 0.05) is 12.1 Å². The predicted molar refractivity (Wildman–Crippen MR) is 123 cm³/mol. The molecule has 0 amide bonds. The minimum atomic E-state index is -0.343. The maximum Gasteiger partial charge on any atom is 0.330 e. The smallest absolute Gasteiger partial charge is 0.330 e. The highest BCUT2D eigenvalue weighted by Gasteiger charge is 2.04. The van der Waals surface area contributed by atoms with Crippen molar-refractivity contribution in [3.05, 3.63) is 65.7 Å². The second-order valence-corrected chi connectivity index (χ2v) is 7.38. The van der Waals surface area contributed by atoms with Gasteiger partial charge in [-0.15, -0.1) is 0 Å². The van der Waals surface area contributed by atoms with E-state index in [1.54, 1.807) is 13.0 Å². The maximum atomic E-state index is 11.4. The van der Waals surface area contributed by atoms with Crippen molar-refractivity contribution in [1.82, 2.24) is 0 Å². The second kappa shape index (κ2) is 14.3. The van der Waals surface area contributed by atoms with Crippen molar-refractivity contribution < 1.29 is 24.1 Å². The first-order chi connectivity index (χ1) is 15.1. The van der Waals surface area contributed by atoms with E-state index >= 15 is 0 Å². The van der Waals surface area contributed by atoms with Gasteiger partial charge in [-0.05, 0) is 55.5 Å². The highest BCUT2D eigenvalue weighted by Crippen LogP contribution is 2.21. The standard InChI is InChI=1S/C26H34O5/c1-3-5-8-23(27)9-7-18-30-24-10-6-11-25(19-24)31-20-22-14-12-21(13-15-22)16-17-26(28)29-4-2/h6,10-17,19,23,27H,3-5,7-9,18,20H2,1-2H3. The lowest BCUT2D eigenvalue weighted by atomic mass is 10.1. The Balaban J connectivity index is 1.75. The molecule has 0 aromatic heterocycles. The minimum absolute atomic E-state index is 0.231. The summed E-state index contributed by atoms with van der Waals surface area (Å²) in [5, 5.41) is 9.89. The van der Waals surface area contributed by atoms with Crippen LogP contribution >= 0.6 is 0 Å². The van der Waals surface area contributed by atoms with E-state index in [4.69, 9.17) is 14.2 Å². The number of hydrogen-bond donors (Lipinski definition) is 1. The van der Waals surface area contributed by atoms with Crippen LogP contribution in [0.15, 0.2) is 54.6 Å². The molecule has 0 spiro atoms. The predicted octanol–water partition coefficient (Wildman–Crippen LogP) is 5.55. The Kier molecular flexibility index (Phi) is 11.3. The summed E-state index contributed by atoms with van der Waals surface area (Å²) in [6, 6.07) is 15.4. The molecule has 0 saturated heterocycles. The highest BCUT2D eigenvalue weighted by atomic mass is 16.5. The molecule has 31 heavy (non-hydrogen) atoms. The van der Waals surface area contributed by atoms with Gasteiger partial charge >= 0.3 is 5.97 Å². The molecule has 168 valence electrons. The Bertz CT molecular complexity index is 798. The Hall–Kier alpha value is -2.79. The van der Waals surface area contributed by atoms with Crippen LogP contribution in [0.25, 0.3) is 6.08 Å². The van der Waals surface area contributed by atoms with E-state index < -0.39 is 0 Å². The van der Waals surface area contributed by atoms with Crippen LogP contribution in [0, 0.1) is 0 Å². The SMILES string of the molecule is CCCCC(O)CCCOc1cccc(OCc2ccc(C=CC(=O)OCC)cc2)c1. The molecule has 0 saturated carbocycles. The van der Waals surface area contributed by atoms with Crippen LogP contribution in [-0.4, -0.2) is 30.4 Å². The summed E-state index contributed by atoms with van der Waals surface area (Å²) in [7, 11) is 0. The zero-order chi connectivity index (χ0) is 22.3. The van der Waals surface area contributed by atoms with Gasteiger partial charge in [-0.25, -0.2) is 4.79 Å². The third-order valence-electron chi connectivity index (χ3n) is 4.73. The van der Waals surface area contributed by atoms with Gasteiger partial charge in [0.15, 0.2) is 0 Å². The summed E-state index contributed by atoms with van der Waals surface area (Å²) >= 11 is 0. The lowest BCUT2D eigenvalue weighted by molar-refractivity contribution is -0.137. The van der Waals surface area contributed by atoms with Crippen LogP contribution in [0.1, 0.15) is 57.1 Å². The lowest BCUT2D eigenvalue weighted by Crippen LogP contribution is -2.08. The number of aliphatic hydroxyl groups is 1. The molecule has 0 heterocycles. The molecule has 0 aliphatic heterocycles. The van der Waals surface area contributed by atoms with E-state index in [1.165, 1.54) is 6.08 Å². The number of carbonyl (C=O) groups excluding carboxylic acids is 1. The lowest BCUT2D eigenvalue weighted by Gasteiger charge is -2.12. The van der Waals surface area contributed by atoms with Gasteiger partial charge in [-0.2, -0.15) is 0 Å². The van der Waals surface area contributed by atoms with Crippen LogP contribution in [0.5, 0.6) is 11.5 Å².